The molecule has 0 saturated heterocycles. The van der Waals surface area contributed by atoms with Gasteiger partial charge in [-0.15, -0.1) is 0 Å². The SMILES string of the molecule is CC.CNN.c1ccccc1. The highest BCUT2D eigenvalue weighted by Gasteiger charge is 1.57. The van der Waals surface area contributed by atoms with Crippen LogP contribution in [-0.2, 0) is 0 Å². The number of nitrogens with two attached hydrogens (primary N) is 1. The van der Waals surface area contributed by atoms with Crippen molar-refractivity contribution < 1.29 is 0 Å². The Kier molecular flexibility index (Phi) is 18.7. The average molecular weight is 154 g/mol. The predicted molar refractivity (Wildman–Crippen MR) is 51.0 cm³/mol. The van der Waals surface area contributed by atoms with Gasteiger partial charge in [-0.05, 0) is 7.05 Å². The lowest BCUT2D eigenvalue weighted by Gasteiger charge is -1.69. The van der Waals surface area contributed by atoms with Crippen LogP contribution in [0.15, 0.2) is 36.4 Å². The monoisotopic (exact) mass is 154 g/mol. The molecule has 0 spiro atoms. The second kappa shape index (κ2) is 16.1. The summed E-state index contributed by atoms with van der Waals surface area (Å²) in [5.74, 6) is 4.60. The van der Waals surface area contributed by atoms with E-state index in [4.69, 9.17) is 0 Å². The number of benzene rings is 1. The minimum Gasteiger partial charge on any atom is -0.272 e. The summed E-state index contributed by atoms with van der Waals surface area (Å²) in [7, 11) is 1.65. The van der Waals surface area contributed by atoms with Crippen molar-refractivity contribution in [2.45, 2.75) is 13.8 Å². The lowest BCUT2D eigenvalue weighted by Crippen LogP contribution is -2.13. The number of hydrogen-bond acceptors (Lipinski definition) is 2. The van der Waals surface area contributed by atoms with Gasteiger partial charge in [-0.2, -0.15) is 0 Å². The van der Waals surface area contributed by atoms with Crippen LogP contribution in [0, 0.1) is 0 Å². The summed E-state index contributed by atoms with van der Waals surface area (Å²) >= 11 is 0. The van der Waals surface area contributed by atoms with E-state index in [0.29, 0.717) is 0 Å². The number of rotatable bonds is 0. The highest BCUT2D eigenvalue weighted by molar-refractivity contribution is 4.99. The van der Waals surface area contributed by atoms with Crippen LogP contribution < -0.4 is 11.3 Å². The molecule has 0 aliphatic carbocycles. The third-order valence-electron chi connectivity index (χ3n) is 0.667. The Morgan fingerprint density at radius 3 is 1.00 bits per heavy atom. The molecule has 0 amide bonds. The zero-order chi connectivity index (χ0) is 8.95. The first kappa shape index (κ1) is 12.8. The van der Waals surface area contributed by atoms with Crippen molar-refractivity contribution in [3.8, 4) is 0 Å². The number of hydrogen-bond donors (Lipinski definition) is 2. The fraction of sp³-hybridized carbons (Fsp3) is 0.333. The Bertz CT molecular complexity index is 90.4. The Morgan fingerprint density at radius 1 is 0.818 bits per heavy atom. The number of nitrogens with one attached hydrogen (secondary N) is 1. The zero-order valence-electron chi connectivity index (χ0n) is 7.54. The molecule has 0 saturated carbocycles. The second-order valence-electron chi connectivity index (χ2n) is 1.44. The lowest BCUT2D eigenvalue weighted by atomic mass is 10.4. The van der Waals surface area contributed by atoms with Crippen LogP contribution in [0.5, 0.6) is 0 Å². The summed E-state index contributed by atoms with van der Waals surface area (Å²) in [6.07, 6.45) is 0. The van der Waals surface area contributed by atoms with Gasteiger partial charge in [0.25, 0.3) is 0 Å². The van der Waals surface area contributed by atoms with Gasteiger partial charge in [0.15, 0.2) is 0 Å². The first-order chi connectivity index (χ1) is 5.41. The maximum Gasteiger partial charge on any atom is -0.00172 e. The van der Waals surface area contributed by atoms with Crippen molar-refractivity contribution in [3.05, 3.63) is 36.4 Å². The van der Waals surface area contributed by atoms with E-state index < -0.39 is 0 Å². The van der Waals surface area contributed by atoms with E-state index in [2.05, 4.69) is 11.3 Å². The maximum absolute atomic E-state index is 4.60. The van der Waals surface area contributed by atoms with Crippen LogP contribution in [0.25, 0.3) is 0 Å². The molecule has 0 fully saturated rings. The van der Waals surface area contributed by atoms with Gasteiger partial charge < -0.3 is 0 Å². The van der Waals surface area contributed by atoms with Crippen molar-refractivity contribution in [1.82, 2.24) is 5.43 Å². The van der Waals surface area contributed by atoms with Gasteiger partial charge >= 0.3 is 0 Å². The Morgan fingerprint density at radius 2 is 0.909 bits per heavy atom. The zero-order valence-corrected chi connectivity index (χ0v) is 7.54. The quantitative estimate of drug-likeness (QED) is 0.441. The molecule has 3 N–H and O–H groups in total. The highest BCUT2D eigenvalue weighted by atomic mass is 15.2. The standard InChI is InChI=1S/C6H6.C2H6.CH6N2/c1-2-4-6-5-3-1;1-2;1-3-2/h1-6H;1-2H3;3H,2H2,1H3. The van der Waals surface area contributed by atoms with Crippen LogP contribution in [0.3, 0.4) is 0 Å². The van der Waals surface area contributed by atoms with Gasteiger partial charge in [-0.1, -0.05) is 50.2 Å². The van der Waals surface area contributed by atoms with E-state index in [1.165, 1.54) is 0 Å². The van der Waals surface area contributed by atoms with Crippen LogP contribution in [0.2, 0.25) is 0 Å². The number of hydrazine groups is 1. The summed E-state index contributed by atoms with van der Waals surface area (Å²) in [4.78, 5) is 0. The molecule has 2 heteroatoms. The molecule has 1 aromatic rings. The molecule has 64 valence electrons. The first-order valence-electron chi connectivity index (χ1n) is 3.79. The van der Waals surface area contributed by atoms with Gasteiger partial charge in [-0.3, -0.25) is 11.3 Å². The molecule has 0 aliphatic heterocycles. The van der Waals surface area contributed by atoms with E-state index >= 15 is 0 Å². The van der Waals surface area contributed by atoms with Crippen LogP contribution >= 0.6 is 0 Å². The largest absolute Gasteiger partial charge is 0.272 e. The third-order valence-corrected chi connectivity index (χ3v) is 0.667. The van der Waals surface area contributed by atoms with Gasteiger partial charge in [0.05, 0.1) is 0 Å². The summed E-state index contributed by atoms with van der Waals surface area (Å²) in [5, 5.41) is 0. The smallest absolute Gasteiger partial charge is 0.00172 e. The molecule has 0 atom stereocenters. The summed E-state index contributed by atoms with van der Waals surface area (Å²) in [5.41, 5.74) is 2.25. The molecule has 1 rings (SSSR count). The van der Waals surface area contributed by atoms with Crippen molar-refractivity contribution in [1.29, 1.82) is 0 Å². The Labute approximate surface area is 69.4 Å². The molecule has 0 radical (unpaired) electrons. The van der Waals surface area contributed by atoms with E-state index in [-0.39, 0.29) is 0 Å². The molecule has 0 bridgehead atoms. The average Bonchev–Trinajstić information content (AvgIpc) is 2.12. The summed E-state index contributed by atoms with van der Waals surface area (Å²) in [6, 6.07) is 12.0. The lowest BCUT2D eigenvalue weighted by molar-refractivity contribution is 0.900. The molecular weight excluding hydrogens is 136 g/mol. The second-order valence-corrected chi connectivity index (χ2v) is 1.44. The first-order valence-corrected chi connectivity index (χ1v) is 3.79. The van der Waals surface area contributed by atoms with Crippen LogP contribution in [0.4, 0.5) is 0 Å². The van der Waals surface area contributed by atoms with Gasteiger partial charge in [0.2, 0.25) is 0 Å². The fourth-order valence-electron chi connectivity index (χ4n) is 0.385. The summed E-state index contributed by atoms with van der Waals surface area (Å²) in [6.45, 7) is 4.00. The molecule has 1 aromatic carbocycles. The molecule has 2 nitrogen and oxygen atoms in total. The van der Waals surface area contributed by atoms with Crippen LogP contribution in [-0.4, -0.2) is 7.05 Å². The summed E-state index contributed by atoms with van der Waals surface area (Å²) < 4.78 is 0. The molecule has 0 aliphatic rings. The molecule has 0 aromatic heterocycles. The molecule has 0 heterocycles. The Hall–Kier alpha value is -0.860. The topological polar surface area (TPSA) is 38.0 Å². The minimum absolute atomic E-state index is 1.65. The minimum atomic E-state index is 1.65. The maximum atomic E-state index is 4.60. The van der Waals surface area contributed by atoms with E-state index in [0.717, 1.165) is 0 Å². The molecular formula is C9H18N2. The predicted octanol–water partition coefficient (Wildman–Crippen LogP) is 1.79. The van der Waals surface area contributed by atoms with Crippen molar-refractivity contribution in [2.75, 3.05) is 7.05 Å². The van der Waals surface area contributed by atoms with Gasteiger partial charge in [0, 0.05) is 0 Å². The fourth-order valence-corrected chi connectivity index (χ4v) is 0.385. The van der Waals surface area contributed by atoms with Crippen molar-refractivity contribution >= 4 is 0 Å². The van der Waals surface area contributed by atoms with E-state index in [9.17, 15) is 0 Å². The van der Waals surface area contributed by atoms with Crippen molar-refractivity contribution in [2.24, 2.45) is 5.84 Å². The van der Waals surface area contributed by atoms with E-state index in [1.54, 1.807) is 7.05 Å². The van der Waals surface area contributed by atoms with Crippen molar-refractivity contribution in [3.63, 3.8) is 0 Å². The van der Waals surface area contributed by atoms with E-state index in [1.807, 2.05) is 50.2 Å². The molecule has 11 heavy (non-hydrogen) atoms. The van der Waals surface area contributed by atoms with Gasteiger partial charge in [-0.25, -0.2) is 0 Å². The normalized spacial score (nSPS) is 6.55. The Balaban J connectivity index is 0. The van der Waals surface area contributed by atoms with Crippen LogP contribution in [0.1, 0.15) is 13.8 Å². The third kappa shape index (κ3) is 17.6. The van der Waals surface area contributed by atoms with Gasteiger partial charge in [0.1, 0.15) is 0 Å². The molecule has 0 unspecified atom stereocenters. The highest BCUT2D eigenvalue weighted by Crippen LogP contribution is 1.79.